The van der Waals surface area contributed by atoms with E-state index in [0.717, 1.165) is 34.3 Å². The fourth-order valence-electron chi connectivity index (χ4n) is 3.79. The van der Waals surface area contributed by atoms with Gasteiger partial charge in [0.15, 0.2) is 5.58 Å². The summed E-state index contributed by atoms with van der Waals surface area (Å²) in [7, 11) is 0. The predicted octanol–water partition coefficient (Wildman–Crippen LogP) is 7.16. The van der Waals surface area contributed by atoms with Gasteiger partial charge in [0.05, 0.1) is 5.69 Å². The number of aryl methyl sites for hydroxylation is 2. The molecule has 1 N–H and O–H groups in total. The lowest BCUT2D eigenvalue weighted by atomic mass is 10.0. The van der Waals surface area contributed by atoms with Crippen LogP contribution in [0.1, 0.15) is 27.8 Å². The van der Waals surface area contributed by atoms with Gasteiger partial charge in [-0.05, 0) is 85.0 Å². The Balaban J connectivity index is 1.40. The molecule has 0 bridgehead atoms. The van der Waals surface area contributed by atoms with Crippen LogP contribution in [0, 0.1) is 13.8 Å². The smallest absolute Gasteiger partial charge is 0.227 e. The van der Waals surface area contributed by atoms with Crippen LogP contribution in [0.2, 0.25) is 0 Å². The van der Waals surface area contributed by atoms with Crippen molar-refractivity contribution in [3.05, 3.63) is 113 Å². The summed E-state index contributed by atoms with van der Waals surface area (Å²) in [6, 6.07) is 27.7. The molecule has 0 aliphatic heterocycles. The molecule has 4 aromatic carbocycles. The minimum Gasteiger partial charge on any atom is -0.507 e. The maximum Gasteiger partial charge on any atom is 0.227 e. The fourth-order valence-corrected chi connectivity index (χ4v) is 3.79. The number of oxazole rings is 1. The van der Waals surface area contributed by atoms with E-state index in [1.54, 1.807) is 12.3 Å². The molecule has 4 heteroatoms. The number of fused-ring (bicyclic) bond motifs is 1. The molecule has 0 unspecified atom stereocenters. The van der Waals surface area contributed by atoms with Gasteiger partial charge < -0.3 is 9.52 Å². The van der Waals surface area contributed by atoms with Crippen molar-refractivity contribution in [1.82, 2.24) is 4.98 Å². The quantitative estimate of drug-likeness (QED) is 0.300. The molecule has 0 amide bonds. The molecule has 0 saturated carbocycles. The number of hydrogen-bond acceptors (Lipinski definition) is 4. The van der Waals surface area contributed by atoms with Gasteiger partial charge in [0.2, 0.25) is 5.89 Å². The first-order chi connectivity index (χ1) is 16.0. The van der Waals surface area contributed by atoms with E-state index < -0.39 is 0 Å². The summed E-state index contributed by atoms with van der Waals surface area (Å²) in [5.74, 6) is 0.801. The molecule has 33 heavy (non-hydrogen) atoms. The Kier molecular flexibility index (Phi) is 5.49. The van der Waals surface area contributed by atoms with E-state index in [4.69, 9.17) is 4.42 Å². The summed E-state index contributed by atoms with van der Waals surface area (Å²) in [6.07, 6.45) is 2.49. The highest BCUT2D eigenvalue weighted by atomic mass is 16.3. The van der Waals surface area contributed by atoms with Crippen molar-refractivity contribution in [3.8, 4) is 17.2 Å². The second-order valence-electron chi connectivity index (χ2n) is 8.28. The molecule has 0 atom stereocenters. The van der Waals surface area contributed by atoms with E-state index >= 15 is 0 Å². The molecule has 1 heterocycles. The van der Waals surface area contributed by atoms with E-state index in [-0.39, 0.29) is 5.75 Å². The zero-order chi connectivity index (χ0) is 22.8. The molecule has 1 aromatic heterocycles. The van der Waals surface area contributed by atoms with Crippen molar-refractivity contribution in [3.63, 3.8) is 0 Å². The van der Waals surface area contributed by atoms with E-state index in [2.05, 4.69) is 48.1 Å². The van der Waals surface area contributed by atoms with Gasteiger partial charge in [-0.25, -0.2) is 4.98 Å². The summed E-state index contributed by atoms with van der Waals surface area (Å²) in [4.78, 5) is 9.23. The van der Waals surface area contributed by atoms with Crippen LogP contribution in [0.5, 0.6) is 5.75 Å². The Bertz CT molecular complexity index is 1470. The summed E-state index contributed by atoms with van der Waals surface area (Å²) < 4.78 is 5.96. The lowest BCUT2D eigenvalue weighted by molar-refractivity contribution is 0.474. The van der Waals surface area contributed by atoms with Crippen LogP contribution in [-0.4, -0.2) is 16.3 Å². The van der Waals surface area contributed by atoms with Crippen molar-refractivity contribution in [1.29, 1.82) is 0 Å². The first-order valence-electron chi connectivity index (χ1n) is 10.9. The molecular weight excluding hydrogens is 408 g/mol. The summed E-state index contributed by atoms with van der Waals surface area (Å²) in [6.45, 7) is 4.17. The molecule has 0 saturated heterocycles. The lowest BCUT2D eigenvalue weighted by Gasteiger charge is -2.05. The summed E-state index contributed by atoms with van der Waals surface area (Å²) in [5, 5.41) is 10.3. The highest BCUT2D eigenvalue weighted by Crippen LogP contribution is 2.28. The molecular formula is C29H24N2O2. The molecule has 5 aromatic rings. The number of phenols is 1. The second kappa shape index (κ2) is 8.75. The van der Waals surface area contributed by atoms with E-state index in [1.165, 1.54) is 16.7 Å². The van der Waals surface area contributed by atoms with Crippen LogP contribution >= 0.6 is 0 Å². The third kappa shape index (κ3) is 4.55. The van der Waals surface area contributed by atoms with Crippen LogP contribution in [-0.2, 0) is 6.42 Å². The zero-order valence-electron chi connectivity index (χ0n) is 18.6. The SMILES string of the molecule is Cc1ccc(-c2nc3cc(N=Cc4cc(Cc5ccccc5)ccc4O)ccc3o2)cc1C. The molecule has 4 nitrogen and oxygen atoms in total. The summed E-state index contributed by atoms with van der Waals surface area (Å²) >= 11 is 0. The Morgan fingerprint density at radius 2 is 1.70 bits per heavy atom. The lowest BCUT2D eigenvalue weighted by Crippen LogP contribution is -1.91. The van der Waals surface area contributed by atoms with Gasteiger partial charge in [-0.15, -0.1) is 0 Å². The molecule has 162 valence electrons. The van der Waals surface area contributed by atoms with Gasteiger partial charge in [0, 0.05) is 17.3 Å². The van der Waals surface area contributed by atoms with E-state index in [1.807, 2.05) is 54.6 Å². The minimum absolute atomic E-state index is 0.204. The first-order valence-corrected chi connectivity index (χ1v) is 10.9. The van der Waals surface area contributed by atoms with Crippen LogP contribution < -0.4 is 0 Å². The van der Waals surface area contributed by atoms with E-state index in [0.29, 0.717) is 11.5 Å². The van der Waals surface area contributed by atoms with Crippen LogP contribution in [0.4, 0.5) is 5.69 Å². The average molecular weight is 433 g/mol. The molecule has 5 rings (SSSR count). The molecule has 0 aliphatic carbocycles. The van der Waals surface area contributed by atoms with Crippen LogP contribution in [0.25, 0.3) is 22.6 Å². The number of nitrogens with zero attached hydrogens (tertiary/aromatic N) is 2. The van der Waals surface area contributed by atoms with E-state index in [9.17, 15) is 5.11 Å². The van der Waals surface area contributed by atoms with Crippen molar-refractivity contribution < 1.29 is 9.52 Å². The molecule has 0 fully saturated rings. The highest BCUT2D eigenvalue weighted by molar-refractivity contribution is 5.87. The first kappa shape index (κ1) is 20.7. The second-order valence-corrected chi connectivity index (χ2v) is 8.28. The van der Waals surface area contributed by atoms with Crippen molar-refractivity contribution in [2.24, 2.45) is 4.99 Å². The Morgan fingerprint density at radius 1 is 0.848 bits per heavy atom. The number of benzene rings is 4. The van der Waals surface area contributed by atoms with Gasteiger partial charge in [0.25, 0.3) is 0 Å². The van der Waals surface area contributed by atoms with Crippen LogP contribution in [0.15, 0.2) is 94.3 Å². The minimum atomic E-state index is 0.204. The number of rotatable bonds is 5. The third-order valence-corrected chi connectivity index (χ3v) is 5.82. The Morgan fingerprint density at radius 3 is 2.52 bits per heavy atom. The molecule has 0 aliphatic rings. The molecule has 0 radical (unpaired) electrons. The predicted molar refractivity (Wildman–Crippen MR) is 134 cm³/mol. The fraction of sp³-hybridized carbons (Fsp3) is 0.103. The third-order valence-electron chi connectivity index (χ3n) is 5.82. The number of phenolic OH excluding ortho intramolecular Hbond substituents is 1. The van der Waals surface area contributed by atoms with Gasteiger partial charge in [-0.2, -0.15) is 0 Å². The maximum atomic E-state index is 10.3. The maximum absolute atomic E-state index is 10.3. The number of hydrogen-bond donors (Lipinski definition) is 1. The van der Waals surface area contributed by atoms with Crippen molar-refractivity contribution >= 4 is 23.0 Å². The van der Waals surface area contributed by atoms with Crippen LogP contribution in [0.3, 0.4) is 0 Å². The largest absolute Gasteiger partial charge is 0.507 e. The molecule has 0 spiro atoms. The Hall–Kier alpha value is -4.18. The van der Waals surface area contributed by atoms with Gasteiger partial charge >= 0.3 is 0 Å². The standard InChI is InChI=1S/C29H24N2O2/c1-19-8-10-23(14-20(19)2)29-31-26-17-25(11-13-28(26)33-29)30-18-24-16-22(9-12-27(24)32)15-21-6-4-3-5-7-21/h3-14,16-18,32H,15H2,1-2H3. The topological polar surface area (TPSA) is 58.6 Å². The normalized spacial score (nSPS) is 11.5. The van der Waals surface area contributed by atoms with Gasteiger partial charge in [-0.1, -0.05) is 42.5 Å². The van der Waals surface area contributed by atoms with Gasteiger partial charge in [-0.3, -0.25) is 4.99 Å². The summed E-state index contributed by atoms with van der Waals surface area (Å²) in [5.41, 5.74) is 8.63. The Labute approximate surface area is 192 Å². The van der Waals surface area contributed by atoms with Crippen molar-refractivity contribution in [2.75, 3.05) is 0 Å². The average Bonchev–Trinajstić information content (AvgIpc) is 3.25. The zero-order valence-corrected chi connectivity index (χ0v) is 18.6. The number of aromatic nitrogens is 1. The number of aliphatic imine (C=N–C) groups is 1. The monoisotopic (exact) mass is 432 g/mol. The highest BCUT2D eigenvalue weighted by Gasteiger charge is 2.10. The van der Waals surface area contributed by atoms with Crippen molar-refractivity contribution in [2.45, 2.75) is 20.3 Å². The van der Waals surface area contributed by atoms with Gasteiger partial charge in [0.1, 0.15) is 11.3 Å². The number of aromatic hydroxyl groups is 1.